The molecule has 0 aliphatic heterocycles. The Hall–Kier alpha value is -2.88. The topological polar surface area (TPSA) is 31.2 Å². The van der Waals surface area contributed by atoms with Crippen LogP contribution in [0, 0.1) is 5.82 Å². The summed E-state index contributed by atoms with van der Waals surface area (Å²) < 4.78 is 20.8. The quantitative estimate of drug-likeness (QED) is 0.728. The van der Waals surface area contributed by atoms with Crippen LogP contribution in [0.25, 0.3) is 16.8 Å². The number of hydrogen-bond donors (Lipinski definition) is 0. The summed E-state index contributed by atoms with van der Waals surface area (Å²) in [5.74, 6) is 0.430. The fraction of sp³-hybridized carbons (Fsp3) is 0.105. The molecule has 3 rings (SSSR count). The molecule has 116 valence electrons. The Balaban J connectivity index is 2.04. The smallest absolute Gasteiger partial charge is 0.255 e. The average Bonchev–Trinajstić information content (AvgIpc) is 2.57. The summed E-state index contributed by atoms with van der Waals surface area (Å²) in [5, 5.41) is 0. The van der Waals surface area contributed by atoms with Crippen LogP contribution in [-0.2, 0) is 0 Å². The zero-order chi connectivity index (χ0) is 16.2. The van der Waals surface area contributed by atoms with Gasteiger partial charge >= 0.3 is 0 Å². The zero-order valence-corrected chi connectivity index (χ0v) is 12.7. The van der Waals surface area contributed by atoms with E-state index < -0.39 is 0 Å². The third-order valence-corrected chi connectivity index (χ3v) is 3.52. The van der Waals surface area contributed by atoms with Gasteiger partial charge in [-0.2, -0.15) is 0 Å². The molecule has 2 aromatic carbocycles. The van der Waals surface area contributed by atoms with E-state index in [0.29, 0.717) is 23.4 Å². The van der Waals surface area contributed by atoms with Crippen molar-refractivity contribution in [2.45, 2.75) is 6.92 Å². The van der Waals surface area contributed by atoms with E-state index in [1.807, 2.05) is 6.92 Å². The van der Waals surface area contributed by atoms with Crippen LogP contribution in [-0.4, -0.2) is 11.2 Å². The number of hydrogen-bond acceptors (Lipinski definition) is 2. The third-order valence-electron chi connectivity index (χ3n) is 3.52. The molecule has 0 atom stereocenters. The molecule has 0 aliphatic rings. The zero-order valence-electron chi connectivity index (χ0n) is 12.7. The van der Waals surface area contributed by atoms with Gasteiger partial charge < -0.3 is 4.74 Å². The molecule has 3 nitrogen and oxygen atoms in total. The van der Waals surface area contributed by atoms with Crippen molar-refractivity contribution >= 4 is 0 Å². The van der Waals surface area contributed by atoms with E-state index in [-0.39, 0.29) is 11.4 Å². The van der Waals surface area contributed by atoms with Gasteiger partial charge in [0.05, 0.1) is 6.61 Å². The molecular weight excluding hydrogens is 293 g/mol. The van der Waals surface area contributed by atoms with E-state index in [1.165, 1.54) is 16.7 Å². The van der Waals surface area contributed by atoms with Crippen LogP contribution >= 0.6 is 0 Å². The van der Waals surface area contributed by atoms with Crippen molar-refractivity contribution in [3.8, 4) is 22.6 Å². The molecule has 4 heteroatoms. The highest BCUT2D eigenvalue weighted by Gasteiger charge is 2.07. The Kier molecular flexibility index (Phi) is 4.24. The van der Waals surface area contributed by atoms with E-state index in [2.05, 4.69) is 0 Å². The molecule has 0 N–H and O–H groups in total. The van der Waals surface area contributed by atoms with Gasteiger partial charge in [-0.1, -0.05) is 18.2 Å². The van der Waals surface area contributed by atoms with Crippen LogP contribution in [0.5, 0.6) is 5.75 Å². The summed E-state index contributed by atoms with van der Waals surface area (Å²) in [6.07, 6.45) is 1.65. The minimum absolute atomic E-state index is 0.172. The molecule has 0 saturated carbocycles. The third kappa shape index (κ3) is 3.16. The summed E-state index contributed by atoms with van der Waals surface area (Å²) in [5.41, 5.74) is 1.65. The largest absolute Gasteiger partial charge is 0.494 e. The second-order valence-electron chi connectivity index (χ2n) is 5.03. The lowest BCUT2D eigenvalue weighted by Crippen LogP contribution is -2.16. The van der Waals surface area contributed by atoms with E-state index in [0.717, 1.165) is 5.75 Å². The molecule has 23 heavy (non-hydrogen) atoms. The predicted molar refractivity (Wildman–Crippen MR) is 88.6 cm³/mol. The number of nitrogens with zero attached hydrogens (tertiary/aromatic N) is 1. The second kappa shape index (κ2) is 6.48. The fourth-order valence-corrected chi connectivity index (χ4v) is 2.41. The lowest BCUT2D eigenvalue weighted by molar-refractivity contribution is 0.340. The minimum atomic E-state index is -0.315. The first-order valence-electron chi connectivity index (χ1n) is 7.40. The van der Waals surface area contributed by atoms with Crippen LogP contribution in [0.2, 0.25) is 0 Å². The summed E-state index contributed by atoms with van der Waals surface area (Å²) in [6, 6.07) is 16.8. The maximum absolute atomic E-state index is 13.9. The Morgan fingerprint density at radius 2 is 1.74 bits per heavy atom. The van der Waals surface area contributed by atoms with Gasteiger partial charge in [-0.15, -0.1) is 0 Å². The van der Waals surface area contributed by atoms with Gasteiger partial charge in [-0.05, 0) is 43.3 Å². The molecule has 3 aromatic rings. The van der Waals surface area contributed by atoms with E-state index in [1.54, 1.807) is 54.7 Å². The standard InChI is InChI=1S/C19H16FNO2/c1-2-23-16-10-8-15(9-11-16)21-13-14(7-12-19(21)22)17-5-3-4-6-18(17)20/h3-13H,2H2,1H3. The Morgan fingerprint density at radius 1 is 1.00 bits per heavy atom. The maximum atomic E-state index is 13.9. The molecule has 0 saturated heterocycles. The molecule has 0 unspecified atom stereocenters. The highest BCUT2D eigenvalue weighted by Crippen LogP contribution is 2.22. The monoisotopic (exact) mass is 309 g/mol. The number of aromatic nitrogens is 1. The number of rotatable bonds is 4. The molecule has 0 aliphatic carbocycles. The van der Waals surface area contributed by atoms with Crippen LogP contribution in [0.1, 0.15) is 6.92 Å². The molecule has 0 amide bonds. The Bertz CT molecular complexity index is 869. The molecular formula is C19H16FNO2. The van der Waals surface area contributed by atoms with Gasteiger partial charge in [0, 0.05) is 29.1 Å². The Morgan fingerprint density at radius 3 is 2.43 bits per heavy atom. The summed E-state index contributed by atoms with van der Waals surface area (Å²) in [6.45, 7) is 2.50. The number of pyridine rings is 1. The molecule has 1 heterocycles. The van der Waals surface area contributed by atoms with Crippen LogP contribution < -0.4 is 10.3 Å². The van der Waals surface area contributed by atoms with Crippen molar-refractivity contribution in [3.63, 3.8) is 0 Å². The predicted octanol–water partition coefficient (Wildman–Crippen LogP) is 4.04. The lowest BCUT2D eigenvalue weighted by atomic mass is 10.1. The minimum Gasteiger partial charge on any atom is -0.494 e. The Labute approximate surface area is 133 Å². The summed E-state index contributed by atoms with van der Waals surface area (Å²) >= 11 is 0. The van der Waals surface area contributed by atoms with Gasteiger partial charge in [0.1, 0.15) is 11.6 Å². The van der Waals surface area contributed by atoms with Crippen LogP contribution in [0.15, 0.2) is 71.7 Å². The lowest BCUT2D eigenvalue weighted by Gasteiger charge is -2.10. The van der Waals surface area contributed by atoms with Crippen LogP contribution in [0.3, 0.4) is 0 Å². The van der Waals surface area contributed by atoms with E-state index in [9.17, 15) is 9.18 Å². The van der Waals surface area contributed by atoms with Gasteiger partial charge in [-0.3, -0.25) is 9.36 Å². The SMILES string of the molecule is CCOc1ccc(-n2cc(-c3ccccc3F)ccc2=O)cc1. The van der Waals surface area contributed by atoms with Crippen molar-refractivity contribution in [3.05, 3.63) is 83.0 Å². The molecule has 1 aromatic heterocycles. The van der Waals surface area contributed by atoms with Crippen molar-refractivity contribution in [1.29, 1.82) is 0 Å². The van der Waals surface area contributed by atoms with Gasteiger partial charge in [-0.25, -0.2) is 4.39 Å². The summed E-state index contributed by atoms with van der Waals surface area (Å²) in [4.78, 5) is 12.1. The van der Waals surface area contributed by atoms with Gasteiger partial charge in [0.15, 0.2) is 0 Å². The molecule has 0 radical (unpaired) electrons. The first-order chi connectivity index (χ1) is 11.2. The maximum Gasteiger partial charge on any atom is 0.255 e. The fourth-order valence-electron chi connectivity index (χ4n) is 2.41. The highest BCUT2D eigenvalue weighted by atomic mass is 19.1. The van der Waals surface area contributed by atoms with Crippen molar-refractivity contribution in [1.82, 2.24) is 4.57 Å². The highest BCUT2D eigenvalue weighted by molar-refractivity contribution is 5.63. The van der Waals surface area contributed by atoms with E-state index in [4.69, 9.17) is 4.74 Å². The number of halogens is 1. The van der Waals surface area contributed by atoms with Crippen molar-refractivity contribution in [2.24, 2.45) is 0 Å². The number of benzene rings is 2. The van der Waals surface area contributed by atoms with Crippen molar-refractivity contribution < 1.29 is 9.13 Å². The molecule has 0 fully saturated rings. The van der Waals surface area contributed by atoms with Crippen molar-refractivity contribution in [2.75, 3.05) is 6.61 Å². The first-order valence-corrected chi connectivity index (χ1v) is 7.40. The summed E-state index contributed by atoms with van der Waals surface area (Å²) in [7, 11) is 0. The average molecular weight is 309 g/mol. The first kappa shape index (κ1) is 15.0. The second-order valence-corrected chi connectivity index (χ2v) is 5.03. The van der Waals surface area contributed by atoms with Gasteiger partial charge in [0.2, 0.25) is 0 Å². The van der Waals surface area contributed by atoms with Gasteiger partial charge in [0.25, 0.3) is 5.56 Å². The van der Waals surface area contributed by atoms with Crippen LogP contribution in [0.4, 0.5) is 4.39 Å². The molecule has 0 spiro atoms. The number of ether oxygens (including phenoxy) is 1. The normalized spacial score (nSPS) is 10.5. The molecule has 0 bridgehead atoms. The van der Waals surface area contributed by atoms with E-state index >= 15 is 0 Å².